The molecule has 0 aliphatic rings. The molecule has 0 aromatic heterocycles. The zero-order valence-electron chi connectivity index (χ0n) is 3.11. The van der Waals surface area contributed by atoms with Gasteiger partial charge in [0.25, 0.3) is 0 Å². The van der Waals surface area contributed by atoms with Crippen molar-refractivity contribution in [3.63, 3.8) is 0 Å². The van der Waals surface area contributed by atoms with E-state index in [4.69, 9.17) is 5.21 Å². The van der Waals surface area contributed by atoms with Crippen LogP contribution in [0.3, 0.4) is 0 Å². The Hall–Kier alpha value is -0.740. The van der Waals surface area contributed by atoms with E-state index in [0.717, 1.165) is 0 Å². The van der Waals surface area contributed by atoms with Crippen LogP contribution in [0, 0.1) is 0 Å². The Kier molecular flexibility index (Phi) is 1.62. The van der Waals surface area contributed by atoms with E-state index >= 15 is 0 Å². The van der Waals surface area contributed by atoms with Gasteiger partial charge < -0.3 is 5.21 Å². The highest BCUT2D eigenvalue weighted by molar-refractivity contribution is 5.62. The van der Waals surface area contributed by atoms with Gasteiger partial charge in [-0.25, -0.2) is 0 Å². The first-order valence-corrected chi connectivity index (χ1v) is 1.31. The highest BCUT2D eigenvalue weighted by Gasteiger charge is 2.23. The van der Waals surface area contributed by atoms with Gasteiger partial charge in [0.05, 0.1) is 0 Å². The van der Waals surface area contributed by atoms with Gasteiger partial charge in [-0.3, -0.25) is 0 Å². The molecule has 0 fully saturated rings. The van der Waals surface area contributed by atoms with Gasteiger partial charge in [0, 0.05) is 0 Å². The first kappa shape index (κ1) is 6.26. The summed E-state index contributed by atoms with van der Waals surface area (Å²) in [6.45, 7) is 0. The Balaban J connectivity index is 3.56. The largest absolute Gasteiger partial charge is 0.429 e. The van der Waals surface area contributed by atoms with E-state index in [0.29, 0.717) is 0 Å². The molecule has 1 N–H and O–H groups in total. The van der Waals surface area contributed by atoms with Gasteiger partial charge in [-0.2, -0.15) is 13.2 Å². The number of oxime groups is 1. The van der Waals surface area contributed by atoms with Crippen molar-refractivity contribution in [3.05, 3.63) is 0 Å². The second kappa shape index (κ2) is 1.81. The minimum atomic E-state index is -4.49. The molecule has 0 heterocycles. The Morgan fingerprint density at radius 2 is 1.86 bits per heavy atom. The smallest absolute Gasteiger partial charge is 0.411 e. The molecular weight excluding hydrogens is 111 g/mol. The summed E-state index contributed by atoms with van der Waals surface area (Å²) in [5.74, 6) is 0. The second-order valence-corrected chi connectivity index (χ2v) is 0.786. The summed E-state index contributed by atoms with van der Waals surface area (Å²) in [6, 6.07) is 0. The molecule has 0 aromatic carbocycles. The van der Waals surface area contributed by atoms with Crippen LogP contribution >= 0.6 is 0 Å². The standard InChI is InChI=1S/C2H2F3NO/c3-2(4,5)1-6-7/h1,7H. The van der Waals surface area contributed by atoms with Crippen LogP contribution in [-0.4, -0.2) is 17.6 Å². The molecule has 0 atom stereocenters. The van der Waals surface area contributed by atoms with Crippen molar-refractivity contribution < 1.29 is 18.4 Å². The van der Waals surface area contributed by atoms with Crippen LogP contribution in [0.5, 0.6) is 0 Å². The molecule has 0 rings (SSSR count). The second-order valence-electron chi connectivity index (χ2n) is 0.786. The number of alkyl halides is 3. The molecule has 0 saturated carbocycles. The van der Waals surface area contributed by atoms with Gasteiger partial charge in [0.2, 0.25) is 0 Å². The van der Waals surface area contributed by atoms with Crippen LogP contribution in [-0.2, 0) is 0 Å². The van der Waals surface area contributed by atoms with Crippen molar-refractivity contribution in [2.24, 2.45) is 5.16 Å². The van der Waals surface area contributed by atoms with Crippen molar-refractivity contribution in [2.75, 3.05) is 0 Å². The maximum Gasteiger partial charge on any atom is 0.429 e. The van der Waals surface area contributed by atoms with Gasteiger partial charge in [0.15, 0.2) is 0 Å². The molecule has 2 nitrogen and oxygen atoms in total. The lowest BCUT2D eigenvalue weighted by Gasteiger charge is -1.91. The molecule has 7 heavy (non-hydrogen) atoms. The molecule has 0 spiro atoms. The number of hydrogen-bond acceptors (Lipinski definition) is 2. The van der Waals surface area contributed by atoms with Crippen molar-refractivity contribution in [1.82, 2.24) is 0 Å². The van der Waals surface area contributed by atoms with E-state index in [1.54, 1.807) is 5.16 Å². The van der Waals surface area contributed by atoms with Gasteiger partial charge >= 0.3 is 6.18 Å². The third-order valence-electron chi connectivity index (χ3n) is 0.204. The zero-order chi connectivity index (χ0) is 5.91. The normalized spacial score (nSPS) is 13.0. The Morgan fingerprint density at radius 3 is 1.86 bits per heavy atom. The fourth-order valence-corrected chi connectivity index (χ4v) is 0.0655. The zero-order valence-corrected chi connectivity index (χ0v) is 3.11. The third kappa shape index (κ3) is 5.26. The summed E-state index contributed by atoms with van der Waals surface area (Å²) >= 11 is 0. The van der Waals surface area contributed by atoms with Gasteiger partial charge in [-0.15, -0.1) is 0 Å². The van der Waals surface area contributed by atoms with Crippen LogP contribution in [0.1, 0.15) is 0 Å². The molecule has 0 saturated heterocycles. The van der Waals surface area contributed by atoms with Crippen molar-refractivity contribution in [2.45, 2.75) is 6.18 Å². The molecule has 0 unspecified atom stereocenters. The molecular formula is C2H2F3NO. The van der Waals surface area contributed by atoms with E-state index in [-0.39, 0.29) is 0 Å². The van der Waals surface area contributed by atoms with E-state index < -0.39 is 12.4 Å². The van der Waals surface area contributed by atoms with Crippen LogP contribution < -0.4 is 0 Å². The Morgan fingerprint density at radius 1 is 1.43 bits per heavy atom. The van der Waals surface area contributed by atoms with Crippen molar-refractivity contribution in [3.8, 4) is 0 Å². The van der Waals surface area contributed by atoms with Gasteiger partial charge in [0.1, 0.15) is 6.21 Å². The molecule has 0 aromatic rings. The van der Waals surface area contributed by atoms with Crippen molar-refractivity contribution in [1.29, 1.82) is 0 Å². The Labute approximate surface area is 37.2 Å². The molecule has 42 valence electrons. The maximum atomic E-state index is 10.7. The molecule has 0 bridgehead atoms. The van der Waals surface area contributed by atoms with Crippen LogP contribution in [0.25, 0.3) is 0 Å². The quantitative estimate of drug-likeness (QED) is 0.284. The topological polar surface area (TPSA) is 32.6 Å². The summed E-state index contributed by atoms with van der Waals surface area (Å²) < 4.78 is 32.2. The van der Waals surface area contributed by atoms with Crippen molar-refractivity contribution >= 4 is 6.21 Å². The summed E-state index contributed by atoms with van der Waals surface area (Å²) in [6.07, 6.45) is -5.00. The van der Waals surface area contributed by atoms with E-state index in [1.807, 2.05) is 0 Å². The summed E-state index contributed by atoms with van der Waals surface area (Å²) in [4.78, 5) is 0. The van der Waals surface area contributed by atoms with Crippen LogP contribution in [0.15, 0.2) is 5.16 Å². The monoisotopic (exact) mass is 113 g/mol. The molecule has 0 aliphatic heterocycles. The van der Waals surface area contributed by atoms with Gasteiger partial charge in [-0.1, -0.05) is 5.16 Å². The molecule has 0 radical (unpaired) electrons. The number of halogens is 3. The lowest BCUT2D eigenvalue weighted by Crippen LogP contribution is -2.07. The lowest BCUT2D eigenvalue weighted by atomic mass is 10.7. The molecule has 5 heteroatoms. The number of nitrogens with zero attached hydrogens (tertiary/aromatic N) is 1. The predicted octanol–water partition coefficient (Wildman–Crippen LogP) is 1.01. The fraction of sp³-hybridized carbons (Fsp3) is 0.500. The van der Waals surface area contributed by atoms with E-state index in [2.05, 4.69) is 0 Å². The van der Waals surface area contributed by atoms with Gasteiger partial charge in [-0.05, 0) is 0 Å². The predicted molar refractivity (Wildman–Crippen MR) is 16.3 cm³/mol. The summed E-state index contributed by atoms with van der Waals surface area (Å²) in [5, 5.41) is 9.01. The average molecular weight is 113 g/mol. The highest BCUT2D eigenvalue weighted by atomic mass is 19.4. The fourth-order valence-electron chi connectivity index (χ4n) is 0.0655. The number of hydrogen-bond donors (Lipinski definition) is 1. The van der Waals surface area contributed by atoms with Crippen LogP contribution in [0.2, 0.25) is 0 Å². The first-order valence-electron chi connectivity index (χ1n) is 1.31. The third-order valence-corrected chi connectivity index (χ3v) is 0.204. The van der Waals surface area contributed by atoms with E-state index in [9.17, 15) is 13.2 Å². The Bertz CT molecular complexity index is 75.5. The highest BCUT2D eigenvalue weighted by Crippen LogP contribution is 2.09. The summed E-state index contributed by atoms with van der Waals surface area (Å²) in [7, 11) is 0. The van der Waals surface area contributed by atoms with E-state index in [1.165, 1.54) is 0 Å². The maximum absolute atomic E-state index is 10.7. The average Bonchev–Trinajstić information content (AvgIpc) is 1.30. The minimum absolute atomic E-state index is 0.507. The molecule has 0 amide bonds. The SMILES string of the molecule is ON=CC(F)(F)F. The molecule has 0 aliphatic carbocycles. The lowest BCUT2D eigenvalue weighted by molar-refractivity contribution is -0.0553. The first-order chi connectivity index (χ1) is 3.06. The van der Waals surface area contributed by atoms with Crippen LogP contribution in [0.4, 0.5) is 13.2 Å². The minimum Gasteiger partial charge on any atom is -0.411 e. The number of rotatable bonds is 0. The summed E-state index contributed by atoms with van der Waals surface area (Å²) in [5.41, 5.74) is 0.